The minimum atomic E-state index is 0. The third-order valence-electron chi connectivity index (χ3n) is 2.04. The van der Waals surface area contributed by atoms with E-state index in [0.717, 1.165) is 11.1 Å². The Kier molecular flexibility index (Phi) is 16.7. The molecule has 0 aromatic heterocycles. The van der Waals surface area contributed by atoms with Crippen LogP contribution in [-0.2, 0) is 19.5 Å². The topological polar surface area (TPSA) is 31.4 Å². The molecule has 0 saturated carbocycles. The fourth-order valence-electron chi connectivity index (χ4n) is 1.70. The number of hydrogen-bond acceptors (Lipinski definition) is 2. The van der Waals surface area contributed by atoms with Gasteiger partial charge in [0.2, 0.25) is 5.39 Å². The van der Waals surface area contributed by atoms with Crippen LogP contribution < -0.4 is 42.1 Å². The third kappa shape index (κ3) is 6.43. The van der Waals surface area contributed by atoms with Crippen LogP contribution in [0.2, 0.25) is 0 Å². The summed E-state index contributed by atoms with van der Waals surface area (Å²) in [7, 11) is 4.01. The zero-order chi connectivity index (χ0) is 10.0. The van der Waals surface area contributed by atoms with E-state index in [0.29, 0.717) is 5.69 Å². The van der Waals surface area contributed by atoms with Gasteiger partial charge in [-0.2, -0.15) is 0 Å². The summed E-state index contributed by atoms with van der Waals surface area (Å²) >= 11 is 0. The second-order valence-corrected chi connectivity index (χ2v) is 3.42. The molecule has 0 saturated heterocycles. The molecule has 0 unspecified atom stereocenters. The van der Waals surface area contributed by atoms with E-state index in [9.17, 15) is 0 Å². The van der Waals surface area contributed by atoms with Crippen LogP contribution >= 0.6 is 0 Å². The van der Waals surface area contributed by atoms with Crippen LogP contribution in [0.15, 0.2) is 12.1 Å². The van der Waals surface area contributed by atoms with Gasteiger partial charge in [-0.15, -0.1) is 0 Å². The standard InChI is InChI=1S/C10H14N3.3ClH.Zn/c1-7-5-9(12-11)6-8(2)10(7)13(3)4;;;;/h5-6H,1-4H3;3*1H;/q+1;;;;+2/p-3. The van der Waals surface area contributed by atoms with Gasteiger partial charge in [0.15, 0.2) is 4.98 Å². The second-order valence-electron chi connectivity index (χ2n) is 3.42. The number of nitrogens with zero attached hydrogens (tertiary/aromatic N) is 3. The normalized spacial score (nSPS) is 7.24. The monoisotopic (exact) mass is 345 g/mol. The van der Waals surface area contributed by atoms with E-state index in [1.807, 2.05) is 40.1 Å². The molecule has 0 atom stereocenters. The van der Waals surface area contributed by atoms with Crippen molar-refractivity contribution in [3.05, 3.63) is 28.2 Å². The quantitative estimate of drug-likeness (QED) is 0.374. The minimum Gasteiger partial charge on any atom is -1.00 e. The summed E-state index contributed by atoms with van der Waals surface area (Å²) in [4.78, 5) is 5.24. The molecule has 1 aromatic carbocycles. The van der Waals surface area contributed by atoms with E-state index in [4.69, 9.17) is 5.39 Å². The van der Waals surface area contributed by atoms with Crippen LogP contribution in [0.3, 0.4) is 0 Å². The Hall–Kier alpha value is -0.0666. The molecule has 0 bridgehead atoms. The number of aryl methyl sites for hydroxylation is 2. The van der Waals surface area contributed by atoms with Crippen LogP contribution in [0.25, 0.3) is 4.98 Å². The van der Waals surface area contributed by atoms with Crippen LogP contribution in [-0.4, -0.2) is 14.1 Å². The summed E-state index contributed by atoms with van der Waals surface area (Å²) in [5.74, 6) is 0. The average Bonchev–Trinajstić information content (AvgIpc) is 2.02. The predicted molar refractivity (Wildman–Crippen MR) is 55.0 cm³/mol. The summed E-state index contributed by atoms with van der Waals surface area (Å²) in [5.41, 5.74) is 4.05. The molecule has 92 valence electrons. The predicted octanol–water partition coefficient (Wildman–Crippen LogP) is -6.14. The SMILES string of the molecule is Cc1cc([N+]#N)cc(C)c1N(C)C.[Cl-].[Cl-].[Cl-].[Zn+2]. The Morgan fingerprint density at radius 2 is 1.35 bits per heavy atom. The Bertz CT molecular complexity index is 355. The molecule has 0 aliphatic rings. The fraction of sp³-hybridized carbons (Fsp3) is 0.400. The van der Waals surface area contributed by atoms with Gasteiger partial charge < -0.3 is 42.1 Å². The smallest absolute Gasteiger partial charge is 1.00 e. The fourth-order valence-corrected chi connectivity index (χ4v) is 1.70. The van der Waals surface area contributed by atoms with E-state index >= 15 is 0 Å². The molecule has 7 heteroatoms. The van der Waals surface area contributed by atoms with Gasteiger partial charge in [-0.05, 0) is 25.0 Å². The van der Waals surface area contributed by atoms with Crippen molar-refractivity contribution >= 4 is 11.4 Å². The molecule has 1 rings (SSSR count). The first-order valence-electron chi connectivity index (χ1n) is 4.20. The van der Waals surface area contributed by atoms with Crippen LogP contribution in [0.1, 0.15) is 11.1 Å². The van der Waals surface area contributed by atoms with Crippen molar-refractivity contribution in [1.29, 1.82) is 5.39 Å². The molecular formula is C10H14Cl3N3Zn. The van der Waals surface area contributed by atoms with Crippen LogP contribution in [0, 0.1) is 19.2 Å². The number of rotatable bonds is 1. The first-order valence-corrected chi connectivity index (χ1v) is 4.20. The van der Waals surface area contributed by atoms with E-state index < -0.39 is 0 Å². The maximum atomic E-state index is 8.63. The van der Waals surface area contributed by atoms with E-state index in [2.05, 4.69) is 9.88 Å². The Balaban J connectivity index is -0.000000211. The van der Waals surface area contributed by atoms with Gasteiger partial charge in [0.1, 0.15) is 0 Å². The van der Waals surface area contributed by atoms with Crippen LogP contribution in [0.5, 0.6) is 0 Å². The van der Waals surface area contributed by atoms with Crippen molar-refractivity contribution in [2.75, 3.05) is 19.0 Å². The summed E-state index contributed by atoms with van der Waals surface area (Å²) in [6.07, 6.45) is 0. The molecule has 0 amide bonds. The molecule has 0 aliphatic carbocycles. The Morgan fingerprint density at radius 1 is 1.00 bits per heavy atom. The van der Waals surface area contributed by atoms with E-state index in [-0.39, 0.29) is 56.7 Å². The second kappa shape index (κ2) is 11.0. The number of halogens is 3. The van der Waals surface area contributed by atoms with Gasteiger partial charge in [0, 0.05) is 31.9 Å². The molecule has 0 N–H and O–H groups in total. The van der Waals surface area contributed by atoms with Gasteiger partial charge in [0.25, 0.3) is 0 Å². The molecule has 0 spiro atoms. The first-order chi connectivity index (χ1) is 6.06. The molecule has 3 nitrogen and oxygen atoms in total. The Labute approximate surface area is 134 Å². The van der Waals surface area contributed by atoms with Crippen molar-refractivity contribution in [2.45, 2.75) is 13.8 Å². The molecule has 0 aliphatic heterocycles. The summed E-state index contributed by atoms with van der Waals surface area (Å²) in [6, 6.07) is 3.73. The molecule has 0 fully saturated rings. The van der Waals surface area contributed by atoms with Crippen LogP contribution in [0.4, 0.5) is 11.4 Å². The summed E-state index contributed by atoms with van der Waals surface area (Å²) < 4.78 is 0. The number of diazo groups is 1. The van der Waals surface area contributed by atoms with Crippen molar-refractivity contribution in [2.24, 2.45) is 0 Å². The molecule has 0 heterocycles. The minimum absolute atomic E-state index is 0. The van der Waals surface area contributed by atoms with E-state index in [1.54, 1.807) is 0 Å². The third-order valence-corrected chi connectivity index (χ3v) is 2.04. The van der Waals surface area contributed by atoms with Gasteiger partial charge in [-0.3, -0.25) is 0 Å². The van der Waals surface area contributed by atoms with Crippen molar-refractivity contribution < 1.29 is 56.7 Å². The van der Waals surface area contributed by atoms with E-state index in [1.165, 1.54) is 5.69 Å². The zero-order valence-electron chi connectivity index (χ0n) is 10.3. The number of anilines is 1. The van der Waals surface area contributed by atoms with Gasteiger partial charge in [-0.1, -0.05) is 0 Å². The van der Waals surface area contributed by atoms with Gasteiger partial charge in [-0.25, -0.2) is 0 Å². The molecular weight excluding hydrogens is 334 g/mol. The molecule has 0 radical (unpaired) electrons. The molecule has 1 aromatic rings. The number of benzene rings is 1. The maximum Gasteiger partial charge on any atom is 2.00 e. The summed E-state index contributed by atoms with van der Waals surface area (Å²) in [6.45, 7) is 4.02. The van der Waals surface area contributed by atoms with Crippen molar-refractivity contribution in [1.82, 2.24) is 0 Å². The van der Waals surface area contributed by atoms with Crippen molar-refractivity contribution in [3.8, 4) is 0 Å². The Morgan fingerprint density at radius 3 is 1.59 bits per heavy atom. The maximum absolute atomic E-state index is 8.63. The molecule has 17 heavy (non-hydrogen) atoms. The van der Waals surface area contributed by atoms with Gasteiger partial charge in [0.05, 0.1) is 0 Å². The summed E-state index contributed by atoms with van der Waals surface area (Å²) in [5, 5.41) is 8.63. The first kappa shape index (κ1) is 25.7. The number of hydrogen-bond donors (Lipinski definition) is 0. The largest absolute Gasteiger partial charge is 2.00 e. The van der Waals surface area contributed by atoms with Gasteiger partial charge >= 0.3 is 25.2 Å². The van der Waals surface area contributed by atoms with Crippen molar-refractivity contribution in [3.63, 3.8) is 0 Å². The zero-order valence-corrected chi connectivity index (χ0v) is 15.6. The average molecular weight is 348 g/mol.